The van der Waals surface area contributed by atoms with Gasteiger partial charge in [0.05, 0.1) is 17.8 Å². The van der Waals surface area contributed by atoms with Crippen molar-refractivity contribution in [3.63, 3.8) is 0 Å². The van der Waals surface area contributed by atoms with Gasteiger partial charge in [0.15, 0.2) is 5.11 Å². The molecular formula is C19H16BrN3S2. The molecule has 4 rings (SSSR count). The van der Waals surface area contributed by atoms with E-state index in [1.165, 1.54) is 9.75 Å². The van der Waals surface area contributed by atoms with Crippen molar-refractivity contribution >= 4 is 50.3 Å². The molecule has 3 aromatic rings. The predicted octanol–water partition coefficient (Wildman–Crippen LogP) is 5.39. The smallest absolute Gasteiger partial charge is 0.174 e. The number of hydrogen-bond donors (Lipinski definition) is 1. The molecule has 1 aromatic carbocycles. The molecule has 25 heavy (non-hydrogen) atoms. The highest BCUT2D eigenvalue weighted by Crippen LogP contribution is 2.43. The molecule has 1 aliphatic heterocycles. The number of aromatic nitrogens is 1. The summed E-state index contributed by atoms with van der Waals surface area (Å²) in [5.74, 6) is 0. The number of anilines is 1. The zero-order valence-electron chi connectivity index (χ0n) is 13.5. The first-order valence-electron chi connectivity index (χ1n) is 7.96. The third-order valence-corrected chi connectivity index (χ3v) is 6.17. The molecule has 0 bridgehead atoms. The summed E-state index contributed by atoms with van der Waals surface area (Å²) in [6.07, 6.45) is 1.83. The van der Waals surface area contributed by atoms with Crippen molar-refractivity contribution in [2.24, 2.45) is 0 Å². The molecule has 1 N–H and O–H groups in total. The third-order valence-electron chi connectivity index (χ3n) is 4.26. The Hall–Kier alpha value is -1.76. The van der Waals surface area contributed by atoms with Crippen molar-refractivity contribution < 1.29 is 0 Å². The van der Waals surface area contributed by atoms with Gasteiger partial charge in [0.1, 0.15) is 0 Å². The lowest BCUT2D eigenvalue weighted by atomic mass is 10.0. The Labute approximate surface area is 164 Å². The molecule has 2 atom stereocenters. The summed E-state index contributed by atoms with van der Waals surface area (Å²) in [6, 6.07) is 18.7. The van der Waals surface area contributed by atoms with E-state index in [1.807, 2.05) is 41.8 Å². The molecule has 0 saturated carbocycles. The minimum Gasteiger partial charge on any atom is -0.351 e. The first kappa shape index (κ1) is 16.7. The topological polar surface area (TPSA) is 28.2 Å². The van der Waals surface area contributed by atoms with E-state index in [0.717, 1.165) is 21.0 Å². The van der Waals surface area contributed by atoms with Crippen LogP contribution in [-0.2, 0) is 0 Å². The molecule has 3 heterocycles. The Morgan fingerprint density at radius 1 is 1.12 bits per heavy atom. The highest BCUT2D eigenvalue weighted by Gasteiger charge is 2.41. The molecule has 0 spiro atoms. The standard InChI is InChI=1S/C19H16BrN3S2/c1-12-5-10-16(25-12)18-17(15-4-2-3-11-21-15)22-19(24)23(18)14-8-6-13(20)7-9-14/h2-11,17-18H,1H3,(H,22,24)/t17-,18+/m1/s1. The van der Waals surface area contributed by atoms with Crippen LogP contribution >= 0.6 is 39.5 Å². The normalized spacial score (nSPS) is 19.9. The van der Waals surface area contributed by atoms with Crippen molar-refractivity contribution in [3.8, 4) is 0 Å². The Bertz CT molecular complexity index is 893. The minimum absolute atomic E-state index is 0.0235. The highest BCUT2D eigenvalue weighted by atomic mass is 79.9. The molecular weight excluding hydrogens is 414 g/mol. The summed E-state index contributed by atoms with van der Waals surface area (Å²) in [5, 5.41) is 4.21. The van der Waals surface area contributed by atoms with Crippen LogP contribution in [0.4, 0.5) is 5.69 Å². The van der Waals surface area contributed by atoms with E-state index in [4.69, 9.17) is 12.2 Å². The quantitative estimate of drug-likeness (QED) is 0.564. The second-order valence-electron chi connectivity index (χ2n) is 5.92. The summed E-state index contributed by atoms with van der Waals surface area (Å²) < 4.78 is 1.05. The molecule has 2 aromatic heterocycles. The highest BCUT2D eigenvalue weighted by molar-refractivity contribution is 9.10. The van der Waals surface area contributed by atoms with Gasteiger partial charge >= 0.3 is 0 Å². The lowest BCUT2D eigenvalue weighted by Crippen LogP contribution is -2.28. The van der Waals surface area contributed by atoms with Gasteiger partial charge in [-0.25, -0.2) is 0 Å². The van der Waals surface area contributed by atoms with Crippen LogP contribution in [0.25, 0.3) is 0 Å². The summed E-state index contributed by atoms with van der Waals surface area (Å²) in [4.78, 5) is 9.34. The van der Waals surface area contributed by atoms with Crippen LogP contribution in [0, 0.1) is 6.92 Å². The van der Waals surface area contributed by atoms with E-state index in [1.54, 1.807) is 0 Å². The number of benzene rings is 1. The summed E-state index contributed by atoms with van der Waals surface area (Å²) in [5.41, 5.74) is 2.08. The average Bonchev–Trinajstić information content (AvgIpc) is 3.20. The van der Waals surface area contributed by atoms with Gasteiger partial charge in [0.2, 0.25) is 0 Å². The Morgan fingerprint density at radius 3 is 2.56 bits per heavy atom. The van der Waals surface area contributed by atoms with Crippen LogP contribution in [0.3, 0.4) is 0 Å². The maximum absolute atomic E-state index is 5.70. The predicted molar refractivity (Wildman–Crippen MR) is 111 cm³/mol. The molecule has 3 nitrogen and oxygen atoms in total. The zero-order chi connectivity index (χ0) is 17.4. The first-order chi connectivity index (χ1) is 12.1. The minimum atomic E-state index is 0.0235. The average molecular weight is 430 g/mol. The number of halogens is 1. The number of aryl methyl sites for hydroxylation is 1. The maximum Gasteiger partial charge on any atom is 0.174 e. The summed E-state index contributed by atoms with van der Waals surface area (Å²) in [7, 11) is 0. The molecule has 6 heteroatoms. The van der Waals surface area contributed by atoms with Crippen LogP contribution in [0.5, 0.6) is 0 Å². The van der Waals surface area contributed by atoms with Gasteiger partial charge in [-0.2, -0.15) is 0 Å². The van der Waals surface area contributed by atoms with Gasteiger partial charge in [-0.15, -0.1) is 11.3 Å². The van der Waals surface area contributed by atoms with E-state index in [0.29, 0.717) is 0 Å². The van der Waals surface area contributed by atoms with Crippen molar-refractivity contribution in [1.29, 1.82) is 0 Å². The molecule has 1 aliphatic rings. The van der Waals surface area contributed by atoms with Crippen molar-refractivity contribution in [2.75, 3.05) is 4.90 Å². The van der Waals surface area contributed by atoms with Crippen LogP contribution < -0.4 is 10.2 Å². The van der Waals surface area contributed by atoms with Gasteiger partial charge in [-0.3, -0.25) is 4.98 Å². The number of rotatable bonds is 3. The van der Waals surface area contributed by atoms with E-state index in [9.17, 15) is 0 Å². The lowest BCUT2D eigenvalue weighted by molar-refractivity contribution is 0.575. The van der Waals surface area contributed by atoms with Crippen molar-refractivity contribution in [1.82, 2.24) is 10.3 Å². The van der Waals surface area contributed by atoms with Gasteiger partial charge < -0.3 is 10.2 Å². The van der Waals surface area contributed by atoms with Gasteiger partial charge in [0.25, 0.3) is 0 Å². The molecule has 0 radical (unpaired) electrons. The third kappa shape index (κ3) is 3.21. The van der Waals surface area contributed by atoms with Crippen molar-refractivity contribution in [3.05, 3.63) is 80.7 Å². The Balaban J connectivity index is 1.81. The fourth-order valence-corrected chi connectivity index (χ4v) is 4.75. The number of thiocarbonyl (C=S) groups is 1. The van der Waals surface area contributed by atoms with Gasteiger partial charge in [-0.05, 0) is 67.7 Å². The van der Waals surface area contributed by atoms with E-state index in [-0.39, 0.29) is 12.1 Å². The van der Waals surface area contributed by atoms with Crippen LogP contribution in [0.15, 0.2) is 65.3 Å². The van der Waals surface area contributed by atoms with Crippen LogP contribution in [0.1, 0.15) is 27.5 Å². The Morgan fingerprint density at radius 2 is 1.92 bits per heavy atom. The number of hydrogen-bond acceptors (Lipinski definition) is 3. The second kappa shape index (κ2) is 6.86. The lowest BCUT2D eigenvalue weighted by Gasteiger charge is -2.27. The SMILES string of the molecule is Cc1ccc([C@H]2[C@@H](c3ccccn3)NC(=S)N2c2ccc(Br)cc2)s1. The van der Waals surface area contributed by atoms with Crippen LogP contribution in [-0.4, -0.2) is 10.1 Å². The van der Waals surface area contributed by atoms with Gasteiger partial charge in [-0.1, -0.05) is 22.0 Å². The maximum atomic E-state index is 5.70. The monoisotopic (exact) mass is 429 g/mol. The largest absolute Gasteiger partial charge is 0.351 e. The zero-order valence-corrected chi connectivity index (χ0v) is 16.7. The summed E-state index contributed by atoms with van der Waals surface area (Å²) in [6.45, 7) is 2.13. The number of thiophene rings is 1. The fraction of sp³-hybridized carbons (Fsp3) is 0.158. The number of nitrogens with one attached hydrogen (secondary N) is 1. The summed E-state index contributed by atoms with van der Waals surface area (Å²) >= 11 is 11.0. The molecule has 1 fully saturated rings. The Kier molecular flexibility index (Phi) is 4.58. The number of pyridine rings is 1. The van der Waals surface area contributed by atoms with Crippen LogP contribution in [0.2, 0.25) is 0 Å². The molecule has 0 aliphatic carbocycles. The van der Waals surface area contributed by atoms with Gasteiger partial charge in [0, 0.05) is 26.1 Å². The van der Waals surface area contributed by atoms with Crippen molar-refractivity contribution in [2.45, 2.75) is 19.0 Å². The van der Waals surface area contributed by atoms with E-state index >= 15 is 0 Å². The first-order valence-corrected chi connectivity index (χ1v) is 9.98. The van der Waals surface area contributed by atoms with E-state index in [2.05, 4.69) is 68.4 Å². The fourth-order valence-electron chi connectivity index (χ4n) is 3.14. The van der Waals surface area contributed by atoms with E-state index < -0.39 is 0 Å². The molecule has 1 saturated heterocycles. The second-order valence-corrected chi connectivity index (χ2v) is 8.54. The number of nitrogens with zero attached hydrogens (tertiary/aromatic N) is 2. The molecule has 126 valence electrons. The molecule has 0 amide bonds. The molecule has 0 unspecified atom stereocenters.